The van der Waals surface area contributed by atoms with Crippen LogP contribution in [0.4, 0.5) is 43.9 Å². The maximum absolute atomic E-state index is 13.8. The van der Waals surface area contributed by atoms with E-state index in [1.165, 1.54) is 0 Å². The fraction of sp³-hybridized carbons (Fsp3) is 0.400. The molecule has 0 saturated heterocycles. The molecule has 0 spiro atoms. The summed E-state index contributed by atoms with van der Waals surface area (Å²) in [5, 5.41) is 0. The van der Waals surface area contributed by atoms with Crippen LogP contribution in [0.15, 0.2) is 30.3 Å². The molecule has 0 bridgehead atoms. The molecule has 0 radical (unpaired) electrons. The average Bonchev–Trinajstić information content (AvgIpc) is 2.43. The number of halogens is 11. The maximum atomic E-state index is 13.8. The van der Waals surface area contributed by atoms with E-state index in [0.29, 0.717) is 12.1 Å². The van der Waals surface area contributed by atoms with Crippen LogP contribution in [0, 0.1) is 3.57 Å². The van der Waals surface area contributed by atoms with Gasteiger partial charge in [-0.05, 0) is 0 Å². The van der Waals surface area contributed by atoms with Gasteiger partial charge in [-0.3, -0.25) is 0 Å². The van der Waals surface area contributed by atoms with Crippen LogP contribution >= 0.6 is 20.2 Å². The van der Waals surface area contributed by atoms with Crippen LogP contribution in [0.5, 0.6) is 0 Å². The van der Waals surface area contributed by atoms with E-state index in [-0.39, 0.29) is 0 Å². The van der Waals surface area contributed by atoms with Crippen LogP contribution in [0.1, 0.15) is 0 Å². The summed E-state index contributed by atoms with van der Waals surface area (Å²) in [4.78, 5) is 0. The van der Waals surface area contributed by atoms with Crippen LogP contribution in [0.25, 0.3) is 0 Å². The first-order chi connectivity index (χ1) is 11.0. The fourth-order valence-electron chi connectivity index (χ4n) is 1.13. The van der Waals surface area contributed by atoms with Crippen LogP contribution < -0.4 is 0 Å². The summed E-state index contributed by atoms with van der Waals surface area (Å²) in [5.41, 5.74) is -6.29. The first kappa shape index (κ1) is 22.2. The Morgan fingerprint density at radius 3 is 1.60 bits per heavy atom. The predicted molar refractivity (Wildman–Crippen MR) is 71.2 cm³/mol. The topological polar surface area (TPSA) is 43.4 Å². The summed E-state index contributed by atoms with van der Waals surface area (Å²) in [5.74, 6) is -6.82. The fourth-order valence-corrected chi connectivity index (χ4v) is 7.62. The number of benzene rings is 1. The van der Waals surface area contributed by atoms with Crippen molar-refractivity contribution in [2.75, 3.05) is 0 Å². The minimum absolute atomic E-state index is 0.469. The van der Waals surface area contributed by atoms with E-state index in [2.05, 4.69) is 2.51 Å². The molecule has 0 aliphatic rings. The Bertz CT molecular complexity index is 698. The second-order valence-electron chi connectivity index (χ2n) is 4.08. The molecule has 0 saturated carbocycles. The Morgan fingerprint density at radius 2 is 1.24 bits per heavy atom. The average molecular weight is 522 g/mol. The van der Waals surface area contributed by atoms with Gasteiger partial charge in [0.2, 0.25) is 0 Å². The molecule has 0 unspecified atom stereocenters. The zero-order valence-electron chi connectivity index (χ0n) is 11.2. The summed E-state index contributed by atoms with van der Waals surface area (Å²) in [7, 11) is -6.85. The van der Waals surface area contributed by atoms with Crippen LogP contribution in [-0.4, -0.2) is 30.0 Å². The molecule has 0 atom stereocenters. The second-order valence-corrected chi connectivity index (χ2v) is 10.7. The zero-order valence-corrected chi connectivity index (χ0v) is 14.2. The molecule has 0 aliphatic heterocycles. The molecule has 0 aromatic heterocycles. The predicted octanol–water partition coefficient (Wildman–Crippen LogP) is 4.93. The molecule has 0 heterocycles. The van der Waals surface area contributed by atoms with Gasteiger partial charge in [0.1, 0.15) is 0 Å². The van der Waals surface area contributed by atoms with Crippen molar-refractivity contribution in [1.29, 1.82) is 0 Å². The van der Waals surface area contributed by atoms with Crippen molar-refractivity contribution in [2.45, 2.75) is 21.5 Å². The molecule has 0 amide bonds. The van der Waals surface area contributed by atoms with E-state index >= 15 is 0 Å². The summed E-state index contributed by atoms with van der Waals surface area (Å²) in [6, 6.07) is 3.67. The Balaban J connectivity index is 3.54. The van der Waals surface area contributed by atoms with Crippen LogP contribution in [-0.2, 0) is 12.6 Å². The molecule has 0 fully saturated rings. The molecule has 25 heavy (non-hydrogen) atoms. The number of hydrogen-bond acceptors (Lipinski definition) is 3. The normalized spacial score (nSPS) is 15.2. The van der Waals surface area contributed by atoms with Gasteiger partial charge in [-0.15, -0.1) is 0 Å². The second kappa shape index (κ2) is 6.71. The van der Waals surface area contributed by atoms with Gasteiger partial charge in [-0.2, -0.15) is 0 Å². The van der Waals surface area contributed by atoms with Crippen LogP contribution in [0.3, 0.4) is 0 Å². The molecule has 1 rings (SSSR count). The summed E-state index contributed by atoms with van der Waals surface area (Å²) >= 11 is -6.09. The Morgan fingerprint density at radius 1 is 0.800 bits per heavy atom. The SMILES string of the molecule is O=S(=O)(OI(c1ccccc1)C(F)(F)C(F)(F)C(F)(F)F)C(F)(F)F. The molecular formula is C10H5F10IO3S. The first-order valence-electron chi connectivity index (χ1n) is 5.54. The van der Waals surface area contributed by atoms with Gasteiger partial charge in [0.25, 0.3) is 0 Å². The Kier molecular flexibility index (Phi) is 5.96. The Hall–Kier alpha value is -0.840. The molecule has 146 valence electrons. The van der Waals surface area contributed by atoms with E-state index < -0.39 is 55.5 Å². The first-order valence-corrected chi connectivity index (χ1v) is 9.98. The summed E-state index contributed by atoms with van der Waals surface area (Å²) in [6.45, 7) is 0. The van der Waals surface area contributed by atoms with Crippen molar-refractivity contribution in [3.05, 3.63) is 33.9 Å². The van der Waals surface area contributed by atoms with E-state index in [1.807, 2.05) is 0 Å². The van der Waals surface area contributed by atoms with Crippen molar-refractivity contribution in [1.82, 2.24) is 0 Å². The van der Waals surface area contributed by atoms with Gasteiger partial charge in [-0.25, -0.2) is 0 Å². The summed E-state index contributed by atoms with van der Waals surface area (Å²) in [6.07, 6.45) is -6.85. The monoisotopic (exact) mass is 522 g/mol. The summed E-state index contributed by atoms with van der Waals surface area (Å²) < 4.78 is 145. The Labute approximate surface area is 141 Å². The number of alkyl halides is 11. The van der Waals surface area contributed by atoms with Gasteiger partial charge < -0.3 is 0 Å². The zero-order chi connectivity index (χ0) is 19.9. The van der Waals surface area contributed by atoms with Crippen molar-refractivity contribution in [3.63, 3.8) is 0 Å². The van der Waals surface area contributed by atoms with Crippen LogP contribution in [0.2, 0.25) is 0 Å². The quantitative estimate of drug-likeness (QED) is 0.239. The third-order valence-corrected chi connectivity index (χ3v) is 9.40. The molecule has 0 N–H and O–H groups in total. The van der Waals surface area contributed by atoms with Gasteiger partial charge in [-0.1, -0.05) is 0 Å². The number of hydrogen-bond donors (Lipinski definition) is 0. The van der Waals surface area contributed by atoms with Crippen molar-refractivity contribution in [2.24, 2.45) is 0 Å². The third-order valence-electron chi connectivity index (χ3n) is 2.29. The van der Waals surface area contributed by atoms with E-state index in [0.717, 1.165) is 18.2 Å². The van der Waals surface area contributed by atoms with Gasteiger partial charge in [0, 0.05) is 0 Å². The minimum atomic E-state index is -6.85. The van der Waals surface area contributed by atoms with E-state index in [4.69, 9.17) is 0 Å². The molecular weight excluding hydrogens is 517 g/mol. The van der Waals surface area contributed by atoms with Gasteiger partial charge in [0.15, 0.2) is 0 Å². The molecule has 1 aromatic rings. The molecule has 1 aromatic carbocycles. The molecule has 15 heteroatoms. The number of rotatable bonds is 5. The standard InChI is InChI=1S/C10H5F10IO3S/c11-7(12,8(13,14)15)9(16,17)21(6-4-2-1-3-5-6)24-25(22,23)10(18,19)20/h1-5H. The third kappa shape index (κ3) is 4.29. The van der Waals surface area contributed by atoms with Crippen molar-refractivity contribution >= 4 is 30.4 Å². The van der Waals surface area contributed by atoms with Crippen molar-refractivity contribution in [3.8, 4) is 0 Å². The van der Waals surface area contributed by atoms with E-state index in [9.17, 15) is 52.3 Å². The molecule has 0 aliphatic carbocycles. The van der Waals surface area contributed by atoms with E-state index in [1.54, 1.807) is 0 Å². The van der Waals surface area contributed by atoms with Crippen molar-refractivity contribution < 1.29 is 54.8 Å². The van der Waals surface area contributed by atoms with Gasteiger partial charge in [0.05, 0.1) is 0 Å². The molecule has 3 nitrogen and oxygen atoms in total. The van der Waals surface area contributed by atoms with Gasteiger partial charge >= 0.3 is 141 Å².